The number of aryl methyl sites for hydroxylation is 1. The first-order valence-corrected chi connectivity index (χ1v) is 9.48. The van der Waals surface area contributed by atoms with Gasteiger partial charge >= 0.3 is 0 Å². The van der Waals surface area contributed by atoms with Crippen LogP contribution in [0.1, 0.15) is 44.0 Å². The summed E-state index contributed by atoms with van der Waals surface area (Å²) >= 11 is 1.50. The van der Waals surface area contributed by atoms with Gasteiger partial charge in [0.15, 0.2) is 0 Å². The number of nitrogens with one attached hydrogen (secondary N) is 2. The molecule has 1 aliphatic carbocycles. The van der Waals surface area contributed by atoms with E-state index in [4.69, 9.17) is 0 Å². The molecule has 27 heavy (non-hydrogen) atoms. The summed E-state index contributed by atoms with van der Waals surface area (Å²) in [6.45, 7) is 0. The van der Waals surface area contributed by atoms with Crippen molar-refractivity contribution in [2.45, 2.75) is 25.7 Å². The summed E-state index contributed by atoms with van der Waals surface area (Å²) in [6.07, 6.45) is 8.59. The van der Waals surface area contributed by atoms with Gasteiger partial charge in [0.05, 0.1) is 5.56 Å². The molecule has 3 aromatic rings. The van der Waals surface area contributed by atoms with Crippen molar-refractivity contribution in [3.63, 3.8) is 0 Å². The van der Waals surface area contributed by atoms with E-state index < -0.39 is 0 Å². The van der Waals surface area contributed by atoms with E-state index in [9.17, 15) is 9.59 Å². The first-order chi connectivity index (χ1) is 13.2. The minimum atomic E-state index is -0.282. The van der Waals surface area contributed by atoms with Crippen LogP contribution in [0.3, 0.4) is 0 Å². The zero-order valence-corrected chi connectivity index (χ0v) is 15.5. The first-order valence-electron chi connectivity index (χ1n) is 8.66. The molecule has 0 radical (unpaired) electrons. The Morgan fingerprint density at radius 3 is 2.70 bits per heavy atom. The highest BCUT2D eigenvalue weighted by Crippen LogP contribution is 2.38. The van der Waals surface area contributed by atoms with E-state index in [1.54, 1.807) is 29.9 Å². The molecule has 0 spiro atoms. The van der Waals surface area contributed by atoms with Crippen molar-refractivity contribution in [1.29, 1.82) is 0 Å². The fourth-order valence-electron chi connectivity index (χ4n) is 3.21. The lowest BCUT2D eigenvalue weighted by molar-refractivity contribution is 0.0963. The van der Waals surface area contributed by atoms with Gasteiger partial charge in [0.1, 0.15) is 23.5 Å². The second-order valence-electron chi connectivity index (χ2n) is 6.22. The van der Waals surface area contributed by atoms with Gasteiger partial charge < -0.3 is 10.6 Å². The SMILES string of the molecule is CNC(=O)c1c(NC(=O)c2ccnc(-n3cnnc3)c2)sc2c1CCCC2. The van der Waals surface area contributed by atoms with Crippen LogP contribution in [0.4, 0.5) is 5.00 Å². The van der Waals surface area contributed by atoms with Gasteiger partial charge in [-0.15, -0.1) is 21.5 Å². The zero-order valence-electron chi connectivity index (χ0n) is 14.7. The number of carbonyl (C=O) groups excluding carboxylic acids is 2. The van der Waals surface area contributed by atoms with Gasteiger partial charge in [0.2, 0.25) is 0 Å². The number of aromatic nitrogens is 4. The fraction of sp³-hybridized carbons (Fsp3) is 0.278. The quantitative estimate of drug-likeness (QED) is 0.720. The van der Waals surface area contributed by atoms with Gasteiger partial charge in [-0.25, -0.2) is 4.98 Å². The monoisotopic (exact) mass is 382 g/mol. The van der Waals surface area contributed by atoms with Crippen LogP contribution in [0, 0.1) is 0 Å². The lowest BCUT2D eigenvalue weighted by atomic mass is 9.95. The van der Waals surface area contributed by atoms with Crippen LogP contribution in [0.25, 0.3) is 5.82 Å². The van der Waals surface area contributed by atoms with Gasteiger partial charge in [-0.1, -0.05) is 0 Å². The van der Waals surface area contributed by atoms with E-state index in [0.29, 0.717) is 21.9 Å². The van der Waals surface area contributed by atoms with Crippen LogP contribution in [0.2, 0.25) is 0 Å². The fourth-order valence-corrected chi connectivity index (χ4v) is 4.50. The number of hydrogen-bond acceptors (Lipinski definition) is 6. The van der Waals surface area contributed by atoms with Crippen molar-refractivity contribution >= 4 is 28.2 Å². The average molecular weight is 382 g/mol. The Morgan fingerprint density at radius 1 is 1.15 bits per heavy atom. The molecule has 8 nitrogen and oxygen atoms in total. The summed E-state index contributed by atoms with van der Waals surface area (Å²) < 4.78 is 1.62. The number of pyridine rings is 1. The third-order valence-corrected chi connectivity index (χ3v) is 5.75. The van der Waals surface area contributed by atoms with Crippen molar-refractivity contribution in [2.24, 2.45) is 0 Å². The maximum atomic E-state index is 12.8. The second kappa shape index (κ2) is 7.28. The molecule has 0 bridgehead atoms. The summed E-state index contributed by atoms with van der Waals surface area (Å²) in [5.74, 6) is 0.102. The van der Waals surface area contributed by atoms with Gasteiger partial charge in [0, 0.05) is 23.7 Å². The summed E-state index contributed by atoms with van der Waals surface area (Å²) in [5.41, 5.74) is 2.11. The molecule has 0 saturated carbocycles. The van der Waals surface area contributed by atoms with Crippen LogP contribution in [0.5, 0.6) is 0 Å². The van der Waals surface area contributed by atoms with E-state index in [1.807, 2.05) is 0 Å². The molecular formula is C18H18N6O2S. The predicted octanol–water partition coefficient (Wildman–Crippen LogP) is 2.21. The number of amides is 2. The summed E-state index contributed by atoms with van der Waals surface area (Å²) in [5, 5.41) is 13.7. The van der Waals surface area contributed by atoms with Crippen molar-refractivity contribution in [2.75, 3.05) is 12.4 Å². The van der Waals surface area contributed by atoms with E-state index in [0.717, 1.165) is 31.2 Å². The normalized spacial score (nSPS) is 13.1. The van der Waals surface area contributed by atoms with Crippen LogP contribution in [0.15, 0.2) is 31.0 Å². The Morgan fingerprint density at radius 2 is 1.93 bits per heavy atom. The van der Waals surface area contributed by atoms with Crippen molar-refractivity contribution in [3.05, 3.63) is 52.6 Å². The van der Waals surface area contributed by atoms with Crippen molar-refractivity contribution in [1.82, 2.24) is 25.1 Å². The molecule has 1 aliphatic rings. The maximum Gasteiger partial charge on any atom is 0.256 e. The minimum Gasteiger partial charge on any atom is -0.355 e. The average Bonchev–Trinajstić information content (AvgIpc) is 3.35. The molecule has 0 saturated heterocycles. The molecule has 138 valence electrons. The molecule has 0 aliphatic heterocycles. The van der Waals surface area contributed by atoms with E-state index in [1.165, 1.54) is 28.9 Å². The van der Waals surface area contributed by atoms with Crippen LogP contribution in [-0.2, 0) is 12.8 Å². The molecular weight excluding hydrogens is 364 g/mol. The Balaban J connectivity index is 1.65. The molecule has 2 amide bonds. The van der Waals surface area contributed by atoms with Gasteiger partial charge in [-0.3, -0.25) is 14.2 Å². The Kier molecular flexibility index (Phi) is 4.68. The highest BCUT2D eigenvalue weighted by atomic mass is 32.1. The zero-order chi connectivity index (χ0) is 18.8. The summed E-state index contributed by atoms with van der Waals surface area (Å²) in [6, 6.07) is 3.29. The molecule has 0 unspecified atom stereocenters. The van der Waals surface area contributed by atoms with E-state index in [-0.39, 0.29) is 11.8 Å². The summed E-state index contributed by atoms with van der Waals surface area (Å²) in [4.78, 5) is 30.6. The van der Waals surface area contributed by atoms with Crippen molar-refractivity contribution in [3.8, 4) is 5.82 Å². The minimum absolute atomic E-state index is 0.162. The number of anilines is 1. The smallest absolute Gasteiger partial charge is 0.256 e. The standard InChI is InChI=1S/C18H18N6O2S/c1-19-17(26)15-12-4-2-3-5-13(12)27-18(15)23-16(25)11-6-7-20-14(8-11)24-9-21-22-10-24/h6-10H,2-5H2,1H3,(H,19,26)(H,23,25). The van der Waals surface area contributed by atoms with Crippen LogP contribution in [-0.4, -0.2) is 38.6 Å². The largest absolute Gasteiger partial charge is 0.355 e. The number of thiophene rings is 1. The third-order valence-electron chi connectivity index (χ3n) is 4.54. The Bertz CT molecular complexity index is 995. The Labute approximate surface area is 159 Å². The van der Waals surface area contributed by atoms with Gasteiger partial charge in [-0.2, -0.15) is 0 Å². The highest BCUT2D eigenvalue weighted by molar-refractivity contribution is 7.17. The van der Waals surface area contributed by atoms with Crippen molar-refractivity contribution < 1.29 is 9.59 Å². The molecule has 9 heteroatoms. The molecule has 0 aromatic carbocycles. The number of carbonyl (C=O) groups is 2. The molecule has 3 heterocycles. The molecule has 3 aromatic heterocycles. The van der Waals surface area contributed by atoms with Gasteiger partial charge in [0.25, 0.3) is 11.8 Å². The van der Waals surface area contributed by atoms with E-state index >= 15 is 0 Å². The molecule has 2 N–H and O–H groups in total. The van der Waals surface area contributed by atoms with E-state index in [2.05, 4.69) is 25.8 Å². The molecule has 4 rings (SSSR count). The maximum absolute atomic E-state index is 12.8. The predicted molar refractivity (Wildman–Crippen MR) is 101 cm³/mol. The molecule has 0 atom stereocenters. The van der Waals surface area contributed by atoms with Crippen LogP contribution >= 0.6 is 11.3 Å². The number of rotatable bonds is 4. The number of nitrogens with zero attached hydrogens (tertiary/aromatic N) is 4. The van der Waals surface area contributed by atoms with Crippen LogP contribution < -0.4 is 10.6 Å². The number of hydrogen-bond donors (Lipinski definition) is 2. The highest BCUT2D eigenvalue weighted by Gasteiger charge is 2.26. The first kappa shape index (κ1) is 17.3. The summed E-state index contributed by atoms with van der Waals surface area (Å²) in [7, 11) is 1.61. The van der Waals surface area contributed by atoms with Gasteiger partial charge in [-0.05, 0) is 43.4 Å². The molecule has 0 fully saturated rings. The third kappa shape index (κ3) is 3.33. The second-order valence-corrected chi connectivity index (χ2v) is 7.33. The lowest BCUT2D eigenvalue weighted by Gasteiger charge is -2.12. The Hall–Kier alpha value is -3.07. The number of fused-ring (bicyclic) bond motifs is 1. The lowest BCUT2D eigenvalue weighted by Crippen LogP contribution is -2.22. The topological polar surface area (TPSA) is 102 Å².